The summed E-state index contributed by atoms with van der Waals surface area (Å²) in [5, 5.41) is 28.3. The number of aliphatic hydroxyl groups excluding tert-OH is 3. The lowest BCUT2D eigenvalue weighted by Crippen LogP contribution is -2.38. The SMILES string of the molecule is COC(=O)[C@@H](O)[C@@H](O)C[C@@H](CO)OCc1ccccc1. The fourth-order valence-electron chi connectivity index (χ4n) is 1.66. The Hall–Kier alpha value is -1.47. The van der Waals surface area contributed by atoms with Crippen LogP contribution >= 0.6 is 0 Å². The standard InChI is InChI=1S/C14H20O6/c1-19-14(18)13(17)12(16)7-11(8-15)20-9-10-5-3-2-4-6-10/h2-6,11-13,15-17H,7-9H2,1H3/t11-,12-,13-/m0/s1. The summed E-state index contributed by atoms with van der Waals surface area (Å²) < 4.78 is 9.76. The van der Waals surface area contributed by atoms with Gasteiger partial charge in [-0.2, -0.15) is 0 Å². The average Bonchev–Trinajstić information content (AvgIpc) is 2.50. The molecule has 0 fully saturated rings. The van der Waals surface area contributed by atoms with Crippen LogP contribution in [0.5, 0.6) is 0 Å². The number of carbonyl (C=O) groups is 1. The van der Waals surface area contributed by atoms with Crippen LogP contribution in [-0.4, -0.2) is 53.3 Å². The number of rotatable bonds is 8. The molecule has 0 unspecified atom stereocenters. The van der Waals surface area contributed by atoms with Crippen molar-refractivity contribution in [3.63, 3.8) is 0 Å². The molecule has 1 aromatic rings. The molecule has 3 N–H and O–H groups in total. The molecule has 0 aromatic heterocycles. The zero-order chi connectivity index (χ0) is 15.0. The Kier molecular flexibility index (Phi) is 7.17. The van der Waals surface area contributed by atoms with Crippen LogP contribution in [0.1, 0.15) is 12.0 Å². The largest absolute Gasteiger partial charge is 0.467 e. The molecule has 6 nitrogen and oxygen atoms in total. The van der Waals surface area contributed by atoms with Crippen molar-refractivity contribution in [2.75, 3.05) is 13.7 Å². The van der Waals surface area contributed by atoms with E-state index < -0.39 is 24.3 Å². The molecular weight excluding hydrogens is 264 g/mol. The van der Waals surface area contributed by atoms with E-state index in [1.165, 1.54) is 0 Å². The highest BCUT2D eigenvalue weighted by Gasteiger charge is 2.27. The predicted octanol–water partition coefficient (Wildman–Crippen LogP) is -0.151. The first-order valence-corrected chi connectivity index (χ1v) is 6.28. The van der Waals surface area contributed by atoms with Gasteiger partial charge < -0.3 is 24.8 Å². The second-order valence-electron chi connectivity index (χ2n) is 4.37. The Bertz CT molecular complexity index is 394. The first-order valence-electron chi connectivity index (χ1n) is 6.28. The molecule has 0 heterocycles. The van der Waals surface area contributed by atoms with Crippen LogP contribution in [0.15, 0.2) is 30.3 Å². The first-order chi connectivity index (χ1) is 9.58. The summed E-state index contributed by atoms with van der Waals surface area (Å²) in [6.07, 6.45) is -3.74. The van der Waals surface area contributed by atoms with Gasteiger partial charge in [-0.15, -0.1) is 0 Å². The molecular formula is C14H20O6. The molecule has 6 heteroatoms. The van der Waals surface area contributed by atoms with Gasteiger partial charge in [0, 0.05) is 6.42 Å². The van der Waals surface area contributed by atoms with E-state index in [0.29, 0.717) is 0 Å². The number of aliphatic hydroxyl groups is 3. The Labute approximate surface area is 117 Å². The molecule has 20 heavy (non-hydrogen) atoms. The quantitative estimate of drug-likeness (QED) is 0.575. The maximum atomic E-state index is 11.1. The molecule has 1 aromatic carbocycles. The van der Waals surface area contributed by atoms with Crippen molar-refractivity contribution in [3.8, 4) is 0 Å². The van der Waals surface area contributed by atoms with Crippen molar-refractivity contribution in [1.29, 1.82) is 0 Å². The zero-order valence-electron chi connectivity index (χ0n) is 11.3. The number of hydrogen-bond acceptors (Lipinski definition) is 6. The van der Waals surface area contributed by atoms with Crippen LogP contribution in [0.4, 0.5) is 0 Å². The van der Waals surface area contributed by atoms with Gasteiger partial charge in [0.1, 0.15) is 0 Å². The smallest absolute Gasteiger partial charge is 0.337 e. The highest BCUT2D eigenvalue weighted by Crippen LogP contribution is 2.10. The number of benzene rings is 1. The molecule has 0 aliphatic heterocycles. The van der Waals surface area contributed by atoms with E-state index in [1.54, 1.807) is 0 Å². The molecule has 0 saturated heterocycles. The molecule has 0 aliphatic carbocycles. The van der Waals surface area contributed by atoms with Gasteiger partial charge in [-0.05, 0) is 5.56 Å². The molecule has 0 radical (unpaired) electrons. The molecule has 3 atom stereocenters. The third kappa shape index (κ3) is 5.26. The van der Waals surface area contributed by atoms with E-state index in [4.69, 9.17) is 4.74 Å². The lowest BCUT2D eigenvalue weighted by Gasteiger charge is -2.21. The van der Waals surface area contributed by atoms with Crippen LogP contribution in [-0.2, 0) is 20.9 Å². The summed E-state index contributed by atoms with van der Waals surface area (Å²) in [6.45, 7) is -0.0507. The van der Waals surface area contributed by atoms with Gasteiger partial charge in [-0.3, -0.25) is 0 Å². The van der Waals surface area contributed by atoms with Crippen LogP contribution in [0, 0.1) is 0 Å². The van der Waals surface area contributed by atoms with Gasteiger partial charge in [0.2, 0.25) is 0 Å². The molecule has 0 spiro atoms. The van der Waals surface area contributed by atoms with E-state index in [-0.39, 0.29) is 19.6 Å². The maximum absolute atomic E-state index is 11.1. The summed E-state index contributed by atoms with van der Waals surface area (Å²) in [4.78, 5) is 11.1. The topological polar surface area (TPSA) is 96.2 Å². The Morgan fingerprint density at radius 1 is 1.25 bits per heavy atom. The Morgan fingerprint density at radius 3 is 2.45 bits per heavy atom. The van der Waals surface area contributed by atoms with Gasteiger partial charge in [-0.25, -0.2) is 4.79 Å². The minimum absolute atomic E-state index is 0.0698. The summed E-state index contributed by atoms with van der Waals surface area (Å²) in [5.74, 6) is -0.919. The number of carbonyl (C=O) groups excluding carboxylic acids is 1. The lowest BCUT2D eigenvalue weighted by molar-refractivity contribution is -0.158. The van der Waals surface area contributed by atoms with E-state index in [2.05, 4.69) is 4.74 Å². The van der Waals surface area contributed by atoms with E-state index >= 15 is 0 Å². The predicted molar refractivity (Wildman–Crippen MR) is 70.8 cm³/mol. The zero-order valence-corrected chi connectivity index (χ0v) is 11.3. The summed E-state index contributed by atoms with van der Waals surface area (Å²) >= 11 is 0. The van der Waals surface area contributed by atoms with E-state index in [0.717, 1.165) is 12.7 Å². The minimum Gasteiger partial charge on any atom is -0.467 e. The van der Waals surface area contributed by atoms with Crippen molar-refractivity contribution < 1.29 is 29.6 Å². The van der Waals surface area contributed by atoms with Crippen LogP contribution in [0.25, 0.3) is 0 Å². The molecule has 0 bridgehead atoms. The van der Waals surface area contributed by atoms with Gasteiger partial charge in [0.15, 0.2) is 6.10 Å². The van der Waals surface area contributed by atoms with Crippen molar-refractivity contribution in [2.24, 2.45) is 0 Å². The molecule has 0 amide bonds. The Balaban J connectivity index is 2.44. The first kappa shape index (κ1) is 16.6. The van der Waals surface area contributed by atoms with Crippen molar-refractivity contribution >= 4 is 5.97 Å². The van der Waals surface area contributed by atoms with Gasteiger partial charge in [0.25, 0.3) is 0 Å². The van der Waals surface area contributed by atoms with Gasteiger partial charge in [-0.1, -0.05) is 30.3 Å². The highest BCUT2D eigenvalue weighted by molar-refractivity contribution is 5.74. The normalized spacial score (nSPS) is 15.4. The molecule has 1 rings (SSSR count). The van der Waals surface area contributed by atoms with Crippen LogP contribution in [0.2, 0.25) is 0 Å². The molecule has 112 valence electrons. The Morgan fingerprint density at radius 2 is 1.90 bits per heavy atom. The summed E-state index contributed by atoms with van der Waals surface area (Å²) in [6, 6.07) is 9.34. The second kappa shape index (κ2) is 8.65. The lowest BCUT2D eigenvalue weighted by atomic mass is 10.1. The number of ether oxygens (including phenoxy) is 2. The van der Waals surface area contributed by atoms with Crippen molar-refractivity contribution in [3.05, 3.63) is 35.9 Å². The molecule has 0 saturated carbocycles. The number of methoxy groups -OCH3 is 1. The molecule has 0 aliphatic rings. The van der Waals surface area contributed by atoms with Crippen molar-refractivity contribution in [2.45, 2.75) is 31.3 Å². The van der Waals surface area contributed by atoms with Crippen molar-refractivity contribution in [1.82, 2.24) is 0 Å². The third-order valence-electron chi connectivity index (χ3n) is 2.84. The third-order valence-corrected chi connectivity index (χ3v) is 2.84. The van der Waals surface area contributed by atoms with Gasteiger partial charge in [0.05, 0.1) is 32.5 Å². The van der Waals surface area contributed by atoms with Gasteiger partial charge >= 0.3 is 5.97 Å². The summed E-state index contributed by atoms with van der Waals surface area (Å²) in [5.41, 5.74) is 0.925. The summed E-state index contributed by atoms with van der Waals surface area (Å²) in [7, 11) is 1.12. The van der Waals surface area contributed by atoms with Crippen LogP contribution < -0.4 is 0 Å². The van der Waals surface area contributed by atoms with E-state index in [9.17, 15) is 20.1 Å². The minimum atomic E-state index is -1.64. The fourth-order valence-corrected chi connectivity index (χ4v) is 1.66. The van der Waals surface area contributed by atoms with Crippen LogP contribution in [0.3, 0.4) is 0 Å². The fraction of sp³-hybridized carbons (Fsp3) is 0.500. The maximum Gasteiger partial charge on any atom is 0.337 e. The number of hydrogen-bond donors (Lipinski definition) is 3. The monoisotopic (exact) mass is 284 g/mol. The highest BCUT2D eigenvalue weighted by atomic mass is 16.5. The number of esters is 1. The van der Waals surface area contributed by atoms with E-state index in [1.807, 2.05) is 30.3 Å². The average molecular weight is 284 g/mol. The second-order valence-corrected chi connectivity index (χ2v) is 4.37.